The van der Waals surface area contributed by atoms with Crippen molar-refractivity contribution in [2.45, 2.75) is 65.0 Å². The largest absolute Gasteiger partial charge is 0.309 e. The summed E-state index contributed by atoms with van der Waals surface area (Å²) in [6, 6.07) is 0.802. The molecular formula is C13H25N. The lowest BCUT2D eigenvalue weighted by Crippen LogP contribution is -2.50. The van der Waals surface area contributed by atoms with Crippen LogP contribution in [-0.4, -0.2) is 11.6 Å². The normalized spacial score (nSPS) is 37.1. The average molecular weight is 195 g/mol. The molecule has 1 heteroatoms. The molecular weight excluding hydrogens is 170 g/mol. The van der Waals surface area contributed by atoms with Gasteiger partial charge in [0.05, 0.1) is 0 Å². The molecule has 3 atom stereocenters. The van der Waals surface area contributed by atoms with Gasteiger partial charge >= 0.3 is 0 Å². The highest BCUT2D eigenvalue weighted by molar-refractivity contribution is 4.97. The van der Waals surface area contributed by atoms with E-state index in [1.54, 1.807) is 0 Å². The molecule has 0 bridgehead atoms. The fourth-order valence-electron chi connectivity index (χ4n) is 2.67. The van der Waals surface area contributed by atoms with E-state index in [0.29, 0.717) is 5.54 Å². The first-order valence-electron chi connectivity index (χ1n) is 6.26. The number of hydrogen-bond acceptors (Lipinski definition) is 1. The fraction of sp³-hybridized carbons (Fsp3) is 1.00. The minimum atomic E-state index is 0.312. The molecule has 0 amide bonds. The monoisotopic (exact) mass is 195 g/mol. The first-order valence-corrected chi connectivity index (χ1v) is 6.26. The SMILES string of the molecule is CC(C)C(C)(C)NC1CCC2CC2C1. The lowest BCUT2D eigenvalue weighted by Gasteiger charge is -2.36. The van der Waals surface area contributed by atoms with Crippen molar-refractivity contribution >= 4 is 0 Å². The van der Waals surface area contributed by atoms with Crippen molar-refractivity contribution in [2.75, 3.05) is 0 Å². The Morgan fingerprint density at radius 3 is 2.36 bits per heavy atom. The molecule has 0 spiro atoms. The van der Waals surface area contributed by atoms with E-state index in [1.807, 2.05) is 0 Å². The molecule has 0 aromatic carbocycles. The predicted molar refractivity (Wildman–Crippen MR) is 61.3 cm³/mol. The third kappa shape index (κ3) is 2.13. The van der Waals surface area contributed by atoms with Crippen LogP contribution in [0.15, 0.2) is 0 Å². The van der Waals surface area contributed by atoms with Crippen molar-refractivity contribution in [2.24, 2.45) is 17.8 Å². The summed E-state index contributed by atoms with van der Waals surface area (Å²) in [6.45, 7) is 9.32. The molecule has 0 saturated heterocycles. The van der Waals surface area contributed by atoms with Crippen LogP contribution in [0.1, 0.15) is 53.4 Å². The van der Waals surface area contributed by atoms with Crippen LogP contribution in [0.25, 0.3) is 0 Å². The van der Waals surface area contributed by atoms with Crippen LogP contribution in [0, 0.1) is 17.8 Å². The van der Waals surface area contributed by atoms with Gasteiger partial charge in [-0.3, -0.25) is 0 Å². The molecule has 14 heavy (non-hydrogen) atoms. The second-order valence-electron chi connectivity index (χ2n) is 6.29. The molecule has 0 radical (unpaired) electrons. The summed E-state index contributed by atoms with van der Waals surface area (Å²) in [5.41, 5.74) is 0.312. The first-order chi connectivity index (χ1) is 6.49. The second kappa shape index (κ2) is 3.52. The fourth-order valence-corrected chi connectivity index (χ4v) is 2.67. The summed E-state index contributed by atoms with van der Waals surface area (Å²) in [5, 5.41) is 3.85. The van der Waals surface area contributed by atoms with Gasteiger partial charge in [-0.1, -0.05) is 13.8 Å². The summed E-state index contributed by atoms with van der Waals surface area (Å²) in [4.78, 5) is 0. The van der Waals surface area contributed by atoms with E-state index in [0.717, 1.165) is 23.8 Å². The van der Waals surface area contributed by atoms with Gasteiger partial charge in [-0.05, 0) is 57.3 Å². The summed E-state index contributed by atoms with van der Waals surface area (Å²) >= 11 is 0. The third-order valence-electron chi connectivity index (χ3n) is 4.56. The van der Waals surface area contributed by atoms with Gasteiger partial charge in [-0.15, -0.1) is 0 Å². The highest BCUT2D eigenvalue weighted by Gasteiger charge is 2.42. The predicted octanol–water partition coefficient (Wildman–Crippen LogP) is 3.20. The van der Waals surface area contributed by atoms with Crippen molar-refractivity contribution < 1.29 is 0 Å². The van der Waals surface area contributed by atoms with Crippen molar-refractivity contribution in [3.8, 4) is 0 Å². The van der Waals surface area contributed by atoms with E-state index >= 15 is 0 Å². The van der Waals surface area contributed by atoms with E-state index in [2.05, 4.69) is 33.0 Å². The van der Waals surface area contributed by atoms with E-state index in [-0.39, 0.29) is 0 Å². The minimum absolute atomic E-state index is 0.312. The van der Waals surface area contributed by atoms with E-state index < -0.39 is 0 Å². The van der Waals surface area contributed by atoms with Gasteiger partial charge in [0.2, 0.25) is 0 Å². The lowest BCUT2D eigenvalue weighted by molar-refractivity contribution is 0.221. The Balaban J connectivity index is 1.84. The molecule has 0 aromatic rings. The summed E-state index contributed by atoms with van der Waals surface area (Å²) in [6.07, 6.45) is 5.87. The molecule has 2 rings (SSSR count). The number of fused-ring (bicyclic) bond motifs is 1. The van der Waals surface area contributed by atoms with Crippen LogP contribution < -0.4 is 5.32 Å². The first kappa shape index (κ1) is 10.5. The molecule has 2 aliphatic rings. The Hall–Kier alpha value is -0.0400. The van der Waals surface area contributed by atoms with Gasteiger partial charge in [0.15, 0.2) is 0 Å². The Morgan fingerprint density at radius 2 is 1.79 bits per heavy atom. The van der Waals surface area contributed by atoms with Crippen LogP contribution in [0.4, 0.5) is 0 Å². The smallest absolute Gasteiger partial charge is 0.0150 e. The molecule has 0 aromatic heterocycles. The highest BCUT2D eigenvalue weighted by Crippen LogP contribution is 2.49. The summed E-state index contributed by atoms with van der Waals surface area (Å²) in [5.74, 6) is 2.93. The second-order valence-corrected chi connectivity index (χ2v) is 6.29. The summed E-state index contributed by atoms with van der Waals surface area (Å²) in [7, 11) is 0. The minimum Gasteiger partial charge on any atom is -0.309 e. The zero-order chi connectivity index (χ0) is 10.3. The van der Waals surface area contributed by atoms with Gasteiger partial charge in [0.1, 0.15) is 0 Å². The molecule has 82 valence electrons. The van der Waals surface area contributed by atoms with Gasteiger partial charge < -0.3 is 5.32 Å². The molecule has 3 unspecified atom stereocenters. The van der Waals surface area contributed by atoms with Crippen molar-refractivity contribution in [1.82, 2.24) is 5.32 Å². The van der Waals surface area contributed by atoms with Crippen LogP contribution in [-0.2, 0) is 0 Å². The number of rotatable bonds is 3. The van der Waals surface area contributed by atoms with Gasteiger partial charge in [-0.2, -0.15) is 0 Å². The zero-order valence-electron chi connectivity index (χ0n) is 10.1. The van der Waals surface area contributed by atoms with Crippen LogP contribution >= 0.6 is 0 Å². The Labute approximate surface area is 88.7 Å². The van der Waals surface area contributed by atoms with Gasteiger partial charge in [-0.25, -0.2) is 0 Å². The van der Waals surface area contributed by atoms with Crippen LogP contribution in [0.2, 0.25) is 0 Å². The van der Waals surface area contributed by atoms with Gasteiger partial charge in [0.25, 0.3) is 0 Å². The van der Waals surface area contributed by atoms with E-state index in [4.69, 9.17) is 0 Å². The molecule has 2 aliphatic carbocycles. The van der Waals surface area contributed by atoms with Crippen molar-refractivity contribution in [1.29, 1.82) is 0 Å². The number of hydrogen-bond donors (Lipinski definition) is 1. The average Bonchev–Trinajstić information content (AvgIpc) is 2.81. The molecule has 0 heterocycles. The Kier molecular flexibility index (Phi) is 2.63. The zero-order valence-corrected chi connectivity index (χ0v) is 10.1. The maximum absolute atomic E-state index is 3.85. The van der Waals surface area contributed by atoms with Crippen molar-refractivity contribution in [3.63, 3.8) is 0 Å². The summed E-state index contributed by atoms with van der Waals surface area (Å²) < 4.78 is 0. The van der Waals surface area contributed by atoms with E-state index in [1.165, 1.54) is 25.7 Å². The topological polar surface area (TPSA) is 12.0 Å². The lowest BCUT2D eigenvalue weighted by atomic mass is 9.87. The maximum atomic E-state index is 3.85. The molecule has 2 saturated carbocycles. The third-order valence-corrected chi connectivity index (χ3v) is 4.56. The van der Waals surface area contributed by atoms with Gasteiger partial charge in [0, 0.05) is 11.6 Å². The Bertz CT molecular complexity index is 207. The maximum Gasteiger partial charge on any atom is 0.0150 e. The highest BCUT2D eigenvalue weighted by atomic mass is 15.0. The molecule has 2 fully saturated rings. The standard InChI is InChI=1S/C13H25N/c1-9(2)13(3,4)14-12-6-5-10-7-11(10)8-12/h9-12,14H,5-8H2,1-4H3. The van der Waals surface area contributed by atoms with Crippen LogP contribution in [0.5, 0.6) is 0 Å². The quantitative estimate of drug-likeness (QED) is 0.729. The number of nitrogens with one attached hydrogen (secondary N) is 1. The molecule has 1 nitrogen and oxygen atoms in total. The molecule has 1 N–H and O–H groups in total. The van der Waals surface area contributed by atoms with Crippen LogP contribution in [0.3, 0.4) is 0 Å². The molecule has 0 aliphatic heterocycles. The van der Waals surface area contributed by atoms with E-state index in [9.17, 15) is 0 Å². The van der Waals surface area contributed by atoms with Crippen molar-refractivity contribution in [3.05, 3.63) is 0 Å². The Morgan fingerprint density at radius 1 is 1.07 bits per heavy atom.